The van der Waals surface area contributed by atoms with Crippen molar-refractivity contribution >= 4 is 50.8 Å². The summed E-state index contributed by atoms with van der Waals surface area (Å²) in [4.78, 5) is 28.5. The number of para-hydroxylation sites is 1. The van der Waals surface area contributed by atoms with Gasteiger partial charge in [0.25, 0.3) is 5.91 Å². The van der Waals surface area contributed by atoms with Gasteiger partial charge in [0.05, 0.1) is 5.69 Å². The summed E-state index contributed by atoms with van der Waals surface area (Å²) >= 11 is 7.48. The minimum atomic E-state index is -1.02. The number of amides is 1. The molecule has 1 amide bonds. The van der Waals surface area contributed by atoms with Crippen LogP contribution in [0.4, 0.5) is 5.13 Å². The number of halogens is 1. The summed E-state index contributed by atoms with van der Waals surface area (Å²) in [5.74, 6) is -1.44. The van der Waals surface area contributed by atoms with Crippen molar-refractivity contribution in [1.29, 1.82) is 0 Å². The van der Waals surface area contributed by atoms with Crippen LogP contribution in [0.5, 0.6) is 0 Å². The van der Waals surface area contributed by atoms with Gasteiger partial charge in [0.1, 0.15) is 12.2 Å². The van der Waals surface area contributed by atoms with Crippen molar-refractivity contribution in [2.75, 3.05) is 11.9 Å². The predicted molar refractivity (Wildman–Crippen MR) is 137 cm³/mol. The number of fused-ring (bicyclic) bond motifs is 1. The first-order chi connectivity index (χ1) is 15.9. The quantitative estimate of drug-likeness (QED) is 0.305. The van der Waals surface area contributed by atoms with E-state index >= 15 is 0 Å². The van der Waals surface area contributed by atoms with Crippen LogP contribution in [-0.4, -0.2) is 43.7 Å². The minimum absolute atomic E-state index is 0. The van der Waals surface area contributed by atoms with Crippen molar-refractivity contribution in [3.05, 3.63) is 70.7 Å². The number of aliphatic carboxylic acids is 1. The molecular formula is C24H27ClKN3O5S. The van der Waals surface area contributed by atoms with E-state index < -0.39 is 11.9 Å². The van der Waals surface area contributed by atoms with Crippen molar-refractivity contribution in [3.8, 4) is 11.3 Å². The van der Waals surface area contributed by atoms with E-state index in [0.29, 0.717) is 28.0 Å². The maximum Gasteiger partial charge on any atom is 1.00 e. The van der Waals surface area contributed by atoms with Crippen LogP contribution in [0.3, 0.4) is 0 Å². The molecule has 11 heteroatoms. The Hall–Kier alpha value is -1.60. The molecule has 5 N–H and O–H groups in total. The Balaban J connectivity index is 0.00000140. The third kappa shape index (κ3) is 8.48. The number of carboxylic acids is 1. The molecule has 0 aliphatic carbocycles. The largest absolute Gasteiger partial charge is 1.00 e. The monoisotopic (exact) mass is 543 g/mol. The summed E-state index contributed by atoms with van der Waals surface area (Å²) in [6, 6.07) is 16.3. The molecule has 4 rings (SSSR count). The summed E-state index contributed by atoms with van der Waals surface area (Å²) < 4.78 is 1.48. The number of aromatic nitrogens is 2. The second-order valence-electron chi connectivity index (χ2n) is 7.12. The molecule has 2 aromatic heterocycles. The number of hydrogen-bond acceptors (Lipinski definition) is 5. The smallest absolute Gasteiger partial charge is 1.00 e. The third-order valence-electron chi connectivity index (χ3n) is 4.72. The number of anilines is 1. The fourth-order valence-corrected chi connectivity index (χ4v) is 4.09. The van der Waals surface area contributed by atoms with E-state index in [0.717, 1.165) is 23.8 Å². The van der Waals surface area contributed by atoms with Gasteiger partial charge in [-0.2, -0.15) is 0 Å². The molecular weight excluding hydrogens is 517 g/mol. The zero-order chi connectivity index (χ0) is 23.8. The second kappa shape index (κ2) is 15.5. The van der Waals surface area contributed by atoms with Crippen LogP contribution in [0.25, 0.3) is 22.2 Å². The van der Waals surface area contributed by atoms with Gasteiger partial charge < -0.3 is 21.7 Å². The molecule has 0 aliphatic heterocycles. The van der Waals surface area contributed by atoms with Gasteiger partial charge in [0, 0.05) is 33.5 Å². The molecule has 182 valence electrons. The molecule has 0 bridgehead atoms. The number of unbranched alkanes of at least 4 members (excludes halogenated alkanes) is 1. The first-order valence-corrected chi connectivity index (χ1v) is 11.6. The number of aliphatic hydroxyl groups excluding tert-OH is 1. The molecule has 0 saturated carbocycles. The van der Waals surface area contributed by atoms with Crippen LogP contribution in [0.1, 0.15) is 31.7 Å². The van der Waals surface area contributed by atoms with Crippen molar-refractivity contribution in [1.82, 2.24) is 9.55 Å². The molecule has 4 aromatic rings. The Labute approximate surface area is 256 Å². The molecule has 35 heavy (non-hydrogen) atoms. The number of aliphatic hydroxyl groups is 1. The molecule has 0 atom stereocenters. The predicted octanol–water partition coefficient (Wildman–Crippen LogP) is 1.83. The zero-order valence-electron chi connectivity index (χ0n) is 20.5. The number of thiazole rings is 1. The van der Waals surface area contributed by atoms with Crippen LogP contribution >= 0.6 is 22.9 Å². The van der Waals surface area contributed by atoms with Gasteiger partial charge in [0.2, 0.25) is 0 Å². The van der Waals surface area contributed by atoms with E-state index in [-0.39, 0.29) is 70.5 Å². The number of nitrogens with one attached hydrogen (secondary N) is 1. The summed E-state index contributed by atoms with van der Waals surface area (Å²) in [6.45, 7) is 2.09. The van der Waals surface area contributed by atoms with Gasteiger partial charge in [-0.15, -0.1) is 11.3 Å². The van der Waals surface area contributed by atoms with Crippen LogP contribution in [0, 0.1) is 0 Å². The molecule has 0 saturated heterocycles. The third-order valence-corrected chi connectivity index (χ3v) is 5.81. The average molecular weight is 544 g/mol. The van der Waals surface area contributed by atoms with Gasteiger partial charge >= 0.3 is 57.4 Å². The fourth-order valence-electron chi connectivity index (χ4n) is 3.15. The van der Waals surface area contributed by atoms with Crippen LogP contribution < -0.4 is 56.7 Å². The number of carboxylic acid groups (broad SMARTS) is 1. The Bertz CT molecular complexity index is 1270. The number of nitrogens with zero attached hydrogens (tertiary/aromatic N) is 2. The molecule has 0 fully saturated rings. The molecule has 2 aromatic carbocycles. The van der Waals surface area contributed by atoms with Gasteiger partial charge in [0.15, 0.2) is 5.13 Å². The van der Waals surface area contributed by atoms with Gasteiger partial charge in [-0.1, -0.05) is 61.3 Å². The van der Waals surface area contributed by atoms with Gasteiger partial charge in [-0.3, -0.25) is 14.9 Å². The first-order valence-electron chi connectivity index (χ1n) is 10.4. The summed E-state index contributed by atoms with van der Waals surface area (Å²) in [6.07, 6.45) is 2.04. The van der Waals surface area contributed by atoms with E-state index in [1.807, 2.05) is 35.7 Å². The van der Waals surface area contributed by atoms with Crippen molar-refractivity contribution < 1.29 is 78.1 Å². The molecule has 0 spiro atoms. The normalized spacial score (nSPS) is 9.91. The van der Waals surface area contributed by atoms with E-state index in [9.17, 15) is 14.7 Å². The molecule has 0 radical (unpaired) electrons. The fraction of sp³-hybridized carbons (Fsp3) is 0.208. The number of hydrogen-bond donors (Lipinski definition) is 3. The van der Waals surface area contributed by atoms with Crippen LogP contribution in [-0.2, 0) is 11.3 Å². The summed E-state index contributed by atoms with van der Waals surface area (Å²) in [5, 5.41) is 23.6. The number of carbonyl (C=O) groups is 2. The van der Waals surface area contributed by atoms with Gasteiger partial charge in [-0.05, 0) is 24.6 Å². The topological polar surface area (TPSA) is 136 Å². The number of rotatable bonds is 7. The Morgan fingerprint density at radius 3 is 2.49 bits per heavy atom. The SMILES string of the molecule is CCCCO.O.O=C(O)Cn1c(C(=O)Nc2nc(-c3ccccc3Cl)cs2)cc2ccccc21.[H-].[K+]. The summed E-state index contributed by atoms with van der Waals surface area (Å²) in [7, 11) is 0. The maximum absolute atomic E-state index is 12.8. The first kappa shape index (κ1) is 31.4. The number of benzene rings is 2. The maximum atomic E-state index is 12.8. The zero-order valence-corrected chi connectivity index (χ0v) is 24.2. The van der Waals surface area contributed by atoms with Crippen LogP contribution in [0.2, 0.25) is 5.02 Å². The van der Waals surface area contributed by atoms with E-state index in [4.69, 9.17) is 16.7 Å². The minimum Gasteiger partial charge on any atom is -1.00 e. The second-order valence-corrected chi connectivity index (χ2v) is 8.38. The van der Waals surface area contributed by atoms with E-state index in [2.05, 4.69) is 17.2 Å². The van der Waals surface area contributed by atoms with Crippen molar-refractivity contribution in [3.63, 3.8) is 0 Å². The van der Waals surface area contributed by atoms with E-state index in [1.54, 1.807) is 24.3 Å². The van der Waals surface area contributed by atoms with E-state index in [1.165, 1.54) is 15.9 Å². The van der Waals surface area contributed by atoms with Crippen molar-refractivity contribution in [2.24, 2.45) is 0 Å². The Morgan fingerprint density at radius 2 is 1.86 bits per heavy atom. The summed E-state index contributed by atoms with van der Waals surface area (Å²) in [5.41, 5.74) is 2.39. The van der Waals surface area contributed by atoms with Crippen LogP contribution in [0.15, 0.2) is 60.0 Å². The molecule has 0 unspecified atom stereocenters. The standard InChI is InChI=1S/C20H14ClN3O3S.C4H10O.K.H2O.H/c21-14-7-3-2-6-13(14)15-11-28-20(22-15)23-19(27)17-9-12-5-1-4-8-16(12)24(17)10-18(25)26;1-2-3-4-5;;;/h1-9,11H,10H2,(H,25,26)(H,22,23,27);5H,2-4H2,1H3;;1H2;/q;;+1;;-1. The molecule has 0 aliphatic rings. The Kier molecular flexibility index (Phi) is 13.9. The van der Waals surface area contributed by atoms with Gasteiger partial charge in [-0.25, -0.2) is 4.98 Å². The molecule has 8 nitrogen and oxygen atoms in total. The number of carbonyl (C=O) groups excluding carboxylic acids is 1. The molecule has 2 heterocycles. The average Bonchev–Trinajstić information content (AvgIpc) is 3.40. The van der Waals surface area contributed by atoms with Crippen molar-refractivity contribution in [2.45, 2.75) is 26.3 Å². The Morgan fingerprint density at radius 1 is 1.17 bits per heavy atom.